The average molecular weight is 214 g/mol. The number of nitrogens with one attached hydrogen (secondary N) is 1. The lowest BCUT2D eigenvalue weighted by Crippen LogP contribution is -2.54. The van der Waals surface area contributed by atoms with Crippen molar-refractivity contribution in [3.8, 4) is 0 Å². The third-order valence-electron chi connectivity index (χ3n) is 3.42. The molecule has 0 spiro atoms. The van der Waals surface area contributed by atoms with Crippen LogP contribution in [0.2, 0.25) is 0 Å². The van der Waals surface area contributed by atoms with E-state index in [9.17, 15) is 5.11 Å². The zero-order valence-corrected chi connectivity index (χ0v) is 10.6. The summed E-state index contributed by atoms with van der Waals surface area (Å²) in [7, 11) is 1.92. The van der Waals surface area contributed by atoms with Crippen LogP contribution in [-0.4, -0.2) is 48.3 Å². The lowest BCUT2D eigenvalue weighted by molar-refractivity contribution is 0.105. The molecular formula is C12H26N2O. The lowest BCUT2D eigenvalue weighted by Gasteiger charge is -2.36. The molecule has 1 aliphatic rings. The Labute approximate surface area is 93.9 Å². The first-order valence-corrected chi connectivity index (χ1v) is 6.04. The van der Waals surface area contributed by atoms with Gasteiger partial charge in [0.25, 0.3) is 0 Å². The van der Waals surface area contributed by atoms with E-state index in [1.807, 2.05) is 7.05 Å². The third kappa shape index (κ3) is 4.09. The van der Waals surface area contributed by atoms with Gasteiger partial charge in [0.2, 0.25) is 0 Å². The maximum Gasteiger partial charge on any atom is 0.0623 e. The van der Waals surface area contributed by atoms with Gasteiger partial charge in [0.05, 0.1) is 12.1 Å². The third-order valence-corrected chi connectivity index (χ3v) is 3.42. The molecule has 3 heteroatoms. The highest BCUT2D eigenvalue weighted by atomic mass is 16.3. The monoisotopic (exact) mass is 214 g/mol. The summed E-state index contributed by atoms with van der Waals surface area (Å²) in [5, 5.41) is 12.6. The second-order valence-corrected chi connectivity index (χ2v) is 5.44. The molecule has 15 heavy (non-hydrogen) atoms. The molecule has 90 valence electrons. The van der Waals surface area contributed by atoms with Gasteiger partial charge in [-0.2, -0.15) is 0 Å². The van der Waals surface area contributed by atoms with Crippen molar-refractivity contribution < 1.29 is 5.11 Å². The van der Waals surface area contributed by atoms with Gasteiger partial charge in [-0.05, 0) is 46.6 Å². The first kappa shape index (κ1) is 12.9. The zero-order chi connectivity index (χ0) is 11.5. The Bertz CT molecular complexity index is 186. The van der Waals surface area contributed by atoms with Crippen molar-refractivity contribution in [2.75, 3.05) is 26.7 Å². The van der Waals surface area contributed by atoms with E-state index in [2.05, 4.69) is 31.0 Å². The highest BCUT2D eigenvalue weighted by Crippen LogP contribution is 2.30. The SMILES string of the molecule is CNC(C)(CO)CN(CC1CC1)C(C)C. The number of hydrogen-bond acceptors (Lipinski definition) is 3. The zero-order valence-electron chi connectivity index (χ0n) is 10.6. The average Bonchev–Trinajstić information content (AvgIpc) is 3.00. The van der Waals surface area contributed by atoms with Gasteiger partial charge in [-0.15, -0.1) is 0 Å². The normalized spacial score (nSPS) is 21.0. The molecule has 0 saturated heterocycles. The van der Waals surface area contributed by atoms with Gasteiger partial charge in [0, 0.05) is 19.1 Å². The van der Waals surface area contributed by atoms with Crippen LogP contribution >= 0.6 is 0 Å². The van der Waals surface area contributed by atoms with E-state index < -0.39 is 0 Å². The van der Waals surface area contributed by atoms with Crippen LogP contribution in [0.15, 0.2) is 0 Å². The summed E-state index contributed by atoms with van der Waals surface area (Å²) >= 11 is 0. The van der Waals surface area contributed by atoms with E-state index in [0.717, 1.165) is 12.5 Å². The Kier molecular flexibility index (Phi) is 4.56. The largest absolute Gasteiger partial charge is 0.394 e. The van der Waals surface area contributed by atoms with E-state index in [1.54, 1.807) is 0 Å². The van der Waals surface area contributed by atoms with Crippen molar-refractivity contribution in [1.29, 1.82) is 0 Å². The van der Waals surface area contributed by atoms with E-state index in [4.69, 9.17) is 0 Å². The van der Waals surface area contributed by atoms with Crippen molar-refractivity contribution >= 4 is 0 Å². The number of nitrogens with zero attached hydrogens (tertiary/aromatic N) is 1. The molecule has 1 aliphatic carbocycles. The standard InChI is InChI=1S/C12H26N2O/c1-10(2)14(7-11-5-6-11)8-12(3,9-15)13-4/h10-11,13,15H,5-9H2,1-4H3. The molecule has 1 rings (SSSR count). The molecule has 0 aromatic rings. The molecule has 0 amide bonds. The topological polar surface area (TPSA) is 35.5 Å². The molecule has 0 heterocycles. The minimum atomic E-state index is -0.167. The van der Waals surface area contributed by atoms with Gasteiger partial charge < -0.3 is 10.4 Å². The fourth-order valence-electron chi connectivity index (χ4n) is 1.75. The van der Waals surface area contributed by atoms with E-state index in [0.29, 0.717) is 6.04 Å². The predicted octanol–water partition coefficient (Wildman–Crippen LogP) is 1.08. The van der Waals surface area contributed by atoms with E-state index >= 15 is 0 Å². The van der Waals surface area contributed by atoms with Crippen LogP contribution in [0.1, 0.15) is 33.6 Å². The van der Waals surface area contributed by atoms with Gasteiger partial charge in [0.1, 0.15) is 0 Å². The van der Waals surface area contributed by atoms with Gasteiger partial charge in [-0.3, -0.25) is 4.90 Å². The minimum Gasteiger partial charge on any atom is -0.394 e. The summed E-state index contributed by atoms with van der Waals surface area (Å²) in [5.74, 6) is 0.909. The molecule has 0 aromatic heterocycles. The predicted molar refractivity (Wildman–Crippen MR) is 64.0 cm³/mol. The number of rotatable bonds is 7. The van der Waals surface area contributed by atoms with Crippen LogP contribution in [0.4, 0.5) is 0 Å². The first-order chi connectivity index (χ1) is 7.00. The van der Waals surface area contributed by atoms with Crippen molar-refractivity contribution in [2.24, 2.45) is 5.92 Å². The van der Waals surface area contributed by atoms with Crippen LogP contribution < -0.4 is 5.32 Å². The molecule has 1 atom stereocenters. The number of hydrogen-bond donors (Lipinski definition) is 2. The van der Waals surface area contributed by atoms with Gasteiger partial charge >= 0.3 is 0 Å². The van der Waals surface area contributed by atoms with E-state index in [1.165, 1.54) is 19.4 Å². The fourth-order valence-corrected chi connectivity index (χ4v) is 1.75. The molecular weight excluding hydrogens is 188 g/mol. The Morgan fingerprint density at radius 2 is 2.07 bits per heavy atom. The van der Waals surface area contributed by atoms with Crippen molar-refractivity contribution in [3.05, 3.63) is 0 Å². The first-order valence-electron chi connectivity index (χ1n) is 6.04. The maximum absolute atomic E-state index is 9.38. The van der Waals surface area contributed by atoms with Crippen LogP contribution in [0.3, 0.4) is 0 Å². The van der Waals surface area contributed by atoms with Gasteiger partial charge in [-0.1, -0.05) is 0 Å². The smallest absolute Gasteiger partial charge is 0.0623 e. The molecule has 0 aliphatic heterocycles. The van der Waals surface area contributed by atoms with Crippen LogP contribution in [0, 0.1) is 5.92 Å². The quantitative estimate of drug-likeness (QED) is 0.665. The fraction of sp³-hybridized carbons (Fsp3) is 1.00. The molecule has 1 fully saturated rings. The molecule has 3 nitrogen and oxygen atoms in total. The Morgan fingerprint density at radius 3 is 2.40 bits per heavy atom. The van der Waals surface area contributed by atoms with Crippen LogP contribution in [0.25, 0.3) is 0 Å². The van der Waals surface area contributed by atoms with Crippen LogP contribution in [0.5, 0.6) is 0 Å². The molecule has 2 N–H and O–H groups in total. The number of aliphatic hydroxyl groups is 1. The number of aliphatic hydroxyl groups excluding tert-OH is 1. The van der Waals surface area contributed by atoms with Gasteiger partial charge in [0.15, 0.2) is 0 Å². The summed E-state index contributed by atoms with van der Waals surface area (Å²) in [6, 6.07) is 0.560. The van der Waals surface area contributed by atoms with Crippen LogP contribution in [-0.2, 0) is 0 Å². The molecule has 0 aromatic carbocycles. The van der Waals surface area contributed by atoms with E-state index in [-0.39, 0.29) is 12.1 Å². The summed E-state index contributed by atoms with van der Waals surface area (Å²) in [5.41, 5.74) is -0.167. The van der Waals surface area contributed by atoms with Crippen molar-refractivity contribution in [3.63, 3.8) is 0 Å². The summed E-state index contributed by atoms with van der Waals surface area (Å²) in [4.78, 5) is 2.48. The summed E-state index contributed by atoms with van der Waals surface area (Å²) < 4.78 is 0. The molecule has 0 radical (unpaired) electrons. The second kappa shape index (κ2) is 5.28. The Hall–Kier alpha value is -0.120. The van der Waals surface area contributed by atoms with Gasteiger partial charge in [-0.25, -0.2) is 0 Å². The molecule has 1 saturated carbocycles. The minimum absolute atomic E-state index is 0.167. The maximum atomic E-state index is 9.38. The van der Waals surface area contributed by atoms with Crippen molar-refractivity contribution in [1.82, 2.24) is 10.2 Å². The number of likely N-dealkylation sites (N-methyl/N-ethyl adjacent to an activating group) is 1. The Morgan fingerprint density at radius 1 is 1.47 bits per heavy atom. The molecule has 1 unspecified atom stereocenters. The lowest BCUT2D eigenvalue weighted by atomic mass is 10.0. The highest BCUT2D eigenvalue weighted by molar-refractivity contribution is 4.88. The highest BCUT2D eigenvalue weighted by Gasteiger charge is 2.30. The van der Waals surface area contributed by atoms with Crippen molar-refractivity contribution in [2.45, 2.75) is 45.2 Å². The summed E-state index contributed by atoms with van der Waals surface area (Å²) in [6.45, 7) is 8.85. The molecule has 0 bridgehead atoms. The Balaban J connectivity index is 2.47. The summed E-state index contributed by atoms with van der Waals surface area (Å²) in [6.07, 6.45) is 2.78. The second-order valence-electron chi connectivity index (χ2n) is 5.44.